The highest BCUT2D eigenvalue weighted by atomic mass is 14.7. The molecule has 0 spiro atoms. The van der Waals surface area contributed by atoms with Crippen LogP contribution in [0.3, 0.4) is 0 Å². The summed E-state index contributed by atoms with van der Waals surface area (Å²) in [5, 5.41) is 0. The first-order valence-electron chi connectivity index (χ1n) is 4.20. The van der Waals surface area contributed by atoms with Gasteiger partial charge in [0.2, 0.25) is 0 Å². The molecule has 1 heteroatoms. The quantitative estimate of drug-likeness (QED) is 0.594. The van der Waals surface area contributed by atoms with E-state index in [4.69, 9.17) is 0 Å². The Morgan fingerprint density at radius 1 is 1.55 bits per heavy atom. The second-order valence-electron chi connectivity index (χ2n) is 3.58. The van der Waals surface area contributed by atoms with Gasteiger partial charge in [-0.05, 0) is 37.0 Å². The van der Waals surface area contributed by atoms with Crippen LogP contribution in [0.25, 0.3) is 0 Å². The van der Waals surface area contributed by atoms with Crippen molar-refractivity contribution in [2.75, 3.05) is 0 Å². The number of nitrogens with zero attached hydrogens (tertiary/aromatic N) is 1. The van der Waals surface area contributed by atoms with Crippen molar-refractivity contribution in [2.24, 2.45) is 5.92 Å². The second kappa shape index (κ2) is 2.33. The number of aromatic nitrogens is 1. The standard InChI is InChI=1S/C10H13N/c1-7-3-4-11-10(5-7)9-6-8(9)2/h3-5,8-9H,6H2,1-2H3. The summed E-state index contributed by atoms with van der Waals surface area (Å²) in [6.45, 7) is 4.41. The Labute approximate surface area is 67.5 Å². The molecule has 0 bridgehead atoms. The summed E-state index contributed by atoms with van der Waals surface area (Å²) < 4.78 is 0. The van der Waals surface area contributed by atoms with Crippen LogP contribution in [0.2, 0.25) is 0 Å². The van der Waals surface area contributed by atoms with E-state index in [1.165, 1.54) is 17.7 Å². The Kier molecular flexibility index (Phi) is 1.45. The van der Waals surface area contributed by atoms with Crippen molar-refractivity contribution in [2.45, 2.75) is 26.2 Å². The minimum atomic E-state index is 0.759. The summed E-state index contributed by atoms with van der Waals surface area (Å²) in [7, 11) is 0. The molecule has 1 heterocycles. The zero-order valence-corrected chi connectivity index (χ0v) is 7.04. The highest BCUT2D eigenvalue weighted by molar-refractivity contribution is 5.22. The van der Waals surface area contributed by atoms with Crippen LogP contribution in [0.4, 0.5) is 0 Å². The molecular weight excluding hydrogens is 134 g/mol. The van der Waals surface area contributed by atoms with E-state index >= 15 is 0 Å². The van der Waals surface area contributed by atoms with Crippen LogP contribution >= 0.6 is 0 Å². The van der Waals surface area contributed by atoms with Crippen molar-refractivity contribution in [1.29, 1.82) is 0 Å². The summed E-state index contributed by atoms with van der Waals surface area (Å²) in [5.74, 6) is 1.62. The van der Waals surface area contributed by atoms with Crippen LogP contribution in [-0.4, -0.2) is 4.98 Å². The van der Waals surface area contributed by atoms with E-state index in [2.05, 4.69) is 31.0 Å². The highest BCUT2D eigenvalue weighted by Crippen LogP contribution is 2.45. The Hall–Kier alpha value is -0.850. The van der Waals surface area contributed by atoms with Gasteiger partial charge in [0.05, 0.1) is 0 Å². The third kappa shape index (κ3) is 1.28. The zero-order valence-electron chi connectivity index (χ0n) is 7.04. The molecule has 0 N–H and O–H groups in total. The van der Waals surface area contributed by atoms with Crippen LogP contribution in [0.1, 0.15) is 30.5 Å². The van der Waals surface area contributed by atoms with Gasteiger partial charge in [-0.3, -0.25) is 4.98 Å². The molecule has 0 aliphatic heterocycles. The Morgan fingerprint density at radius 2 is 2.27 bits per heavy atom. The third-order valence-corrected chi connectivity index (χ3v) is 2.43. The van der Waals surface area contributed by atoms with Crippen molar-refractivity contribution in [3.05, 3.63) is 29.6 Å². The molecular formula is C10H13N. The fourth-order valence-corrected chi connectivity index (χ4v) is 1.50. The number of aryl methyl sites for hydroxylation is 1. The maximum absolute atomic E-state index is 4.35. The van der Waals surface area contributed by atoms with Gasteiger partial charge in [-0.2, -0.15) is 0 Å². The van der Waals surface area contributed by atoms with Gasteiger partial charge in [0, 0.05) is 17.8 Å². The molecule has 0 amide bonds. The first kappa shape index (κ1) is 6.84. The summed E-state index contributed by atoms with van der Waals surface area (Å²) in [6, 6.07) is 4.25. The van der Waals surface area contributed by atoms with Crippen molar-refractivity contribution >= 4 is 0 Å². The normalized spacial score (nSPS) is 28.5. The van der Waals surface area contributed by atoms with Gasteiger partial charge in [0.25, 0.3) is 0 Å². The van der Waals surface area contributed by atoms with Crippen LogP contribution < -0.4 is 0 Å². The van der Waals surface area contributed by atoms with E-state index in [-0.39, 0.29) is 0 Å². The fraction of sp³-hybridized carbons (Fsp3) is 0.500. The molecule has 1 aromatic rings. The molecule has 0 saturated heterocycles. The van der Waals surface area contributed by atoms with Crippen LogP contribution in [0.5, 0.6) is 0 Å². The number of rotatable bonds is 1. The maximum atomic E-state index is 4.35. The lowest BCUT2D eigenvalue weighted by Crippen LogP contribution is -1.87. The van der Waals surface area contributed by atoms with Gasteiger partial charge in [0.15, 0.2) is 0 Å². The topological polar surface area (TPSA) is 12.9 Å². The van der Waals surface area contributed by atoms with E-state index in [1.54, 1.807) is 0 Å². The number of hydrogen-bond donors (Lipinski definition) is 0. The zero-order chi connectivity index (χ0) is 7.84. The van der Waals surface area contributed by atoms with Gasteiger partial charge in [-0.15, -0.1) is 0 Å². The van der Waals surface area contributed by atoms with Crippen molar-refractivity contribution in [1.82, 2.24) is 4.98 Å². The lowest BCUT2D eigenvalue weighted by atomic mass is 10.2. The smallest absolute Gasteiger partial charge is 0.0439 e. The lowest BCUT2D eigenvalue weighted by Gasteiger charge is -1.97. The van der Waals surface area contributed by atoms with E-state index in [0.717, 1.165) is 11.8 Å². The molecule has 1 saturated carbocycles. The molecule has 0 aromatic carbocycles. The predicted octanol–water partition coefficient (Wildman–Crippen LogP) is 2.51. The minimum absolute atomic E-state index is 0.759. The second-order valence-corrected chi connectivity index (χ2v) is 3.58. The van der Waals surface area contributed by atoms with Crippen LogP contribution in [0, 0.1) is 12.8 Å². The summed E-state index contributed by atoms with van der Waals surface area (Å²) in [5.41, 5.74) is 2.62. The van der Waals surface area contributed by atoms with Crippen LogP contribution in [-0.2, 0) is 0 Å². The average molecular weight is 147 g/mol. The van der Waals surface area contributed by atoms with Gasteiger partial charge in [-0.25, -0.2) is 0 Å². The molecule has 1 nitrogen and oxygen atoms in total. The maximum Gasteiger partial charge on any atom is 0.0439 e. The van der Waals surface area contributed by atoms with E-state index in [9.17, 15) is 0 Å². The fourth-order valence-electron chi connectivity index (χ4n) is 1.50. The average Bonchev–Trinajstić information content (AvgIpc) is 2.67. The molecule has 1 aliphatic carbocycles. The van der Waals surface area contributed by atoms with Gasteiger partial charge >= 0.3 is 0 Å². The van der Waals surface area contributed by atoms with Crippen molar-refractivity contribution in [3.8, 4) is 0 Å². The molecule has 2 atom stereocenters. The monoisotopic (exact) mass is 147 g/mol. The highest BCUT2D eigenvalue weighted by Gasteiger charge is 2.34. The van der Waals surface area contributed by atoms with Crippen molar-refractivity contribution in [3.63, 3.8) is 0 Å². The SMILES string of the molecule is Cc1ccnc(C2CC2C)c1. The molecule has 2 rings (SSSR count). The molecule has 0 radical (unpaired) electrons. The largest absolute Gasteiger partial charge is 0.261 e. The predicted molar refractivity (Wildman–Crippen MR) is 45.5 cm³/mol. The van der Waals surface area contributed by atoms with E-state index in [1.807, 2.05) is 6.20 Å². The van der Waals surface area contributed by atoms with Gasteiger partial charge in [0.1, 0.15) is 0 Å². The molecule has 11 heavy (non-hydrogen) atoms. The van der Waals surface area contributed by atoms with E-state index in [0.29, 0.717) is 0 Å². The van der Waals surface area contributed by atoms with Gasteiger partial charge < -0.3 is 0 Å². The first-order valence-corrected chi connectivity index (χ1v) is 4.20. The molecule has 1 aromatic heterocycles. The first-order chi connectivity index (χ1) is 5.27. The summed E-state index contributed by atoms with van der Waals surface area (Å²) in [4.78, 5) is 4.35. The summed E-state index contributed by atoms with van der Waals surface area (Å²) in [6.07, 6.45) is 3.24. The van der Waals surface area contributed by atoms with Gasteiger partial charge in [-0.1, -0.05) is 6.92 Å². The Bertz CT molecular complexity index is 267. The van der Waals surface area contributed by atoms with Crippen molar-refractivity contribution < 1.29 is 0 Å². The number of pyridine rings is 1. The van der Waals surface area contributed by atoms with Crippen LogP contribution in [0.15, 0.2) is 18.3 Å². The molecule has 1 fully saturated rings. The van der Waals surface area contributed by atoms with E-state index < -0.39 is 0 Å². The number of hydrogen-bond acceptors (Lipinski definition) is 1. The molecule has 2 unspecified atom stereocenters. The Morgan fingerprint density at radius 3 is 2.82 bits per heavy atom. The molecule has 1 aliphatic rings. The third-order valence-electron chi connectivity index (χ3n) is 2.43. The molecule has 58 valence electrons. The Balaban J connectivity index is 2.25. The minimum Gasteiger partial charge on any atom is -0.261 e. The summed E-state index contributed by atoms with van der Waals surface area (Å²) >= 11 is 0. The lowest BCUT2D eigenvalue weighted by molar-refractivity contribution is 0.883.